The normalized spacial score (nSPS) is 18.8. The van der Waals surface area contributed by atoms with Crippen molar-refractivity contribution >= 4 is 57.2 Å². The first-order valence-corrected chi connectivity index (χ1v) is 23.6. The first-order valence-electron chi connectivity index (χ1n) is 23.6. The molecule has 2 aliphatic carbocycles. The van der Waals surface area contributed by atoms with Crippen LogP contribution in [-0.2, 0) is 9.47 Å². The second-order valence-corrected chi connectivity index (χ2v) is 18.2. The highest BCUT2D eigenvalue weighted by molar-refractivity contribution is 5.96. The third-order valence-electron chi connectivity index (χ3n) is 14.3. The van der Waals surface area contributed by atoms with E-state index < -0.39 is 0 Å². The van der Waals surface area contributed by atoms with Crippen LogP contribution in [0, 0.1) is 22.7 Å². The van der Waals surface area contributed by atoms with Crippen LogP contribution in [0.2, 0.25) is 0 Å². The lowest BCUT2D eigenvalue weighted by atomic mass is 9.90. The van der Waals surface area contributed by atoms with E-state index >= 15 is 0 Å². The molecule has 6 aromatic rings. The summed E-state index contributed by atoms with van der Waals surface area (Å²) in [6, 6.07) is 14.6. The molecule has 4 aliphatic rings. The molecule has 10 rings (SSSR count). The Hall–Kier alpha value is -6.66. The fourth-order valence-corrected chi connectivity index (χ4v) is 10.2. The third-order valence-corrected chi connectivity index (χ3v) is 14.3. The zero-order chi connectivity index (χ0) is 47.4. The number of anilines is 4. The summed E-state index contributed by atoms with van der Waals surface area (Å²) in [7, 11) is 6.70. The number of H-pyrrole nitrogens is 2. The minimum atomic E-state index is 0.0336. The molecule has 2 aromatic carbocycles. The Morgan fingerprint density at radius 2 is 1.03 bits per heavy atom. The summed E-state index contributed by atoms with van der Waals surface area (Å²) in [5, 5.41) is 8.05. The summed E-state index contributed by atoms with van der Waals surface area (Å²) in [4.78, 5) is 54.5. The van der Waals surface area contributed by atoms with Gasteiger partial charge in [0.05, 0.1) is 49.6 Å². The lowest BCUT2D eigenvalue weighted by molar-refractivity contribution is 0.0644. The van der Waals surface area contributed by atoms with E-state index in [2.05, 4.69) is 40.5 Å². The smallest absolute Gasteiger partial charge is 0.253 e. The van der Waals surface area contributed by atoms with Gasteiger partial charge in [0.2, 0.25) is 23.7 Å². The summed E-state index contributed by atoms with van der Waals surface area (Å²) < 4.78 is 33.2. The Labute approximate surface area is 395 Å². The van der Waals surface area contributed by atoms with Crippen molar-refractivity contribution in [3.05, 3.63) is 72.1 Å². The monoisotopic (exact) mass is 930 g/mol. The molecule has 18 heteroatoms. The SMILES string of the molecule is CCOc1nc(Nc2ccc(C(=O)N3CCC4(CC3)CC4COC)cc2OC)nc2[nH]ccc12.CCOc1nc(Nc2ccc(C(=O)N3CCC4(CC3)CC4COC)cc2OC)nc2[nH]ccc12. The molecular weight excluding hydrogens is 869 g/mol. The molecule has 4 N–H and O–H groups in total. The van der Waals surface area contributed by atoms with Crippen LogP contribution >= 0.6 is 0 Å². The Bertz CT molecular complexity index is 2560. The molecule has 18 nitrogen and oxygen atoms in total. The van der Waals surface area contributed by atoms with Crippen LogP contribution in [0.15, 0.2) is 60.9 Å². The second kappa shape index (κ2) is 19.9. The molecule has 68 heavy (non-hydrogen) atoms. The van der Waals surface area contributed by atoms with Crippen LogP contribution in [0.25, 0.3) is 22.1 Å². The summed E-state index contributed by atoms with van der Waals surface area (Å²) in [5.41, 5.74) is 4.70. The molecule has 2 saturated heterocycles. The lowest BCUT2D eigenvalue weighted by Crippen LogP contribution is -2.39. The van der Waals surface area contributed by atoms with Gasteiger partial charge < -0.3 is 58.8 Å². The molecule has 4 aromatic heterocycles. The van der Waals surface area contributed by atoms with Crippen LogP contribution in [0.5, 0.6) is 23.3 Å². The minimum Gasteiger partial charge on any atom is -0.495 e. The van der Waals surface area contributed by atoms with Crippen LogP contribution in [0.4, 0.5) is 23.3 Å². The van der Waals surface area contributed by atoms with E-state index in [4.69, 9.17) is 28.4 Å². The largest absolute Gasteiger partial charge is 0.495 e. The van der Waals surface area contributed by atoms with E-state index in [1.165, 1.54) is 12.8 Å². The molecule has 2 aliphatic heterocycles. The third kappa shape index (κ3) is 9.56. The molecule has 360 valence electrons. The van der Waals surface area contributed by atoms with Crippen LogP contribution in [0.1, 0.15) is 73.1 Å². The molecule has 0 bridgehead atoms. The number of carbonyl (C=O) groups excluding carboxylic acids is 2. The topological polar surface area (TPSA) is 203 Å². The number of benzene rings is 2. The quantitative estimate of drug-likeness (QED) is 0.0727. The van der Waals surface area contributed by atoms with Gasteiger partial charge in [-0.15, -0.1) is 0 Å². The van der Waals surface area contributed by atoms with Crippen molar-refractivity contribution in [3.63, 3.8) is 0 Å². The van der Waals surface area contributed by atoms with Gasteiger partial charge in [-0.1, -0.05) is 0 Å². The predicted molar refractivity (Wildman–Crippen MR) is 258 cm³/mol. The van der Waals surface area contributed by atoms with Crippen molar-refractivity contribution < 1.29 is 38.0 Å². The number of aromatic nitrogens is 6. The standard InChI is InChI=1S/2C25H31N5O4/c2*1-4-34-22-18-7-10-26-21(18)28-24(29-22)27-19-6-5-16(13-20(19)33-3)23(31)30-11-8-25(9-12-30)14-17(25)15-32-2/h2*5-7,10,13,17H,4,8-9,11-12,14-15H2,1-3H3,(H2,26,27,28,29). The van der Waals surface area contributed by atoms with E-state index in [-0.39, 0.29) is 11.8 Å². The van der Waals surface area contributed by atoms with Gasteiger partial charge in [0, 0.05) is 77.1 Å². The van der Waals surface area contributed by atoms with E-state index in [0.717, 1.165) is 75.8 Å². The van der Waals surface area contributed by atoms with Crippen molar-refractivity contribution in [1.29, 1.82) is 0 Å². The average Bonchev–Trinajstić information content (AvgIpc) is 3.96. The molecular formula is C50H62N10O8. The zero-order valence-corrected chi connectivity index (χ0v) is 39.8. The maximum Gasteiger partial charge on any atom is 0.253 e. The van der Waals surface area contributed by atoms with Crippen molar-refractivity contribution in [2.45, 2.75) is 52.4 Å². The highest BCUT2D eigenvalue weighted by atomic mass is 16.5. The number of hydrogen-bond acceptors (Lipinski definition) is 14. The number of nitrogens with zero attached hydrogens (tertiary/aromatic N) is 6. The predicted octanol–water partition coefficient (Wildman–Crippen LogP) is 8.00. The van der Waals surface area contributed by atoms with Gasteiger partial charge in [0.1, 0.15) is 22.8 Å². The van der Waals surface area contributed by atoms with Crippen molar-refractivity contribution in [2.24, 2.45) is 22.7 Å². The maximum atomic E-state index is 13.2. The van der Waals surface area contributed by atoms with Crippen LogP contribution < -0.4 is 29.6 Å². The van der Waals surface area contributed by atoms with Gasteiger partial charge in [-0.2, -0.15) is 19.9 Å². The van der Waals surface area contributed by atoms with Crippen molar-refractivity contribution in [1.82, 2.24) is 39.7 Å². The lowest BCUT2D eigenvalue weighted by Gasteiger charge is -2.33. The van der Waals surface area contributed by atoms with Crippen LogP contribution in [-0.4, -0.2) is 133 Å². The zero-order valence-electron chi connectivity index (χ0n) is 39.8. The van der Waals surface area contributed by atoms with Gasteiger partial charge in [-0.3, -0.25) is 9.59 Å². The molecule has 2 atom stereocenters. The van der Waals surface area contributed by atoms with Gasteiger partial charge in [-0.05, 0) is 124 Å². The van der Waals surface area contributed by atoms with Crippen molar-refractivity contribution in [3.8, 4) is 23.3 Å². The molecule has 2 amide bonds. The number of piperidine rings is 2. The number of amides is 2. The summed E-state index contributed by atoms with van der Waals surface area (Å²) >= 11 is 0. The minimum absolute atomic E-state index is 0.0336. The number of carbonyl (C=O) groups is 2. The number of aromatic amines is 2. The summed E-state index contributed by atoms with van der Waals surface area (Å²) in [5.74, 6) is 4.25. The number of rotatable bonds is 16. The molecule has 4 fully saturated rings. The van der Waals surface area contributed by atoms with E-state index in [9.17, 15) is 9.59 Å². The number of ether oxygens (including phenoxy) is 6. The van der Waals surface area contributed by atoms with Gasteiger partial charge in [0.15, 0.2) is 0 Å². The number of hydrogen-bond donors (Lipinski definition) is 4. The molecule has 2 unspecified atom stereocenters. The number of methoxy groups -OCH3 is 4. The molecule has 6 heterocycles. The first-order chi connectivity index (χ1) is 33.1. The van der Waals surface area contributed by atoms with Crippen LogP contribution in [0.3, 0.4) is 0 Å². The van der Waals surface area contributed by atoms with Gasteiger partial charge >= 0.3 is 0 Å². The summed E-state index contributed by atoms with van der Waals surface area (Å²) in [6.45, 7) is 9.62. The number of nitrogens with one attached hydrogen (secondary N) is 4. The number of likely N-dealkylation sites (tertiary alicyclic amines) is 2. The number of fused-ring (bicyclic) bond motifs is 2. The van der Waals surface area contributed by atoms with E-state index in [1.54, 1.807) is 53.0 Å². The Kier molecular flexibility index (Phi) is 13.6. The highest BCUT2D eigenvalue weighted by Gasteiger charge is 2.55. The Morgan fingerprint density at radius 1 is 0.618 bits per heavy atom. The van der Waals surface area contributed by atoms with Crippen molar-refractivity contribution in [2.75, 3.05) is 91.7 Å². The Morgan fingerprint density at radius 3 is 1.40 bits per heavy atom. The van der Waals surface area contributed by atoms with E-state index in [0.29, 0.717) is 105 Å². The first kappa shape index (κ1) is 46.5. The molecule has 0 radical (unpaired) electrons. The summed E-state index contributed by atoms with van der Waals surface area (Å²) in [6.07, 6.45) is 10.2. The van der Waals surface area contributed by atoms with Gasteiger partial charge in [-0.25, -0.2) is 0 Å². The Balaban J connectivity index is 0.000000170. The second-order valence-electron chi connectivity index (χ2n) is 18.2. The molecule has 2 saturated carbocycles. The maximum absolute atomic E-state index is 13.2. The fourth-order valence-electron chi connectivity index (χ4n) is 10.2. The van der Waals surface area contributed by atoms with Gasteiger partial charge in [0.25, 0.3) is 11.8 Å². The fraction of sp³-hybridized carbons (Fsp3) is 0.480. The average molecular weight is 931 g/mol. The molecule has 2 spiro atoms. The highest BCUT2D eigenvalue weighted by Crippen LogP contribution is 2.60. The van der Waals surface area contributed by atoms with E-state index in [1.807, 2.05) is 60.0 Å².